The van der Waals surface area contributed by atoms with Gasteiger partial charge in [0.25, 0.3) is 0 Å². The van der Waals surface area contributed by atoms with Gasteiger partial charge in [0.2, 0.25) is 0 Å². The van der Waals surface area contributed by atoms with Gasteiger partial charge in [0, 0.05) is 0 Å². The Morgan fingerprint density at radius 1 is 1.40 bits per heavy atom. The van der Waals surface area contributed by atoms with E-state index in [2.05, 4.69) is 5.43 Å². The number of anilines is 1. The SMILES string of the molecule is ON1Nc2ccccc2O1. The van der Waals surface area contributed by atoms with Crippen LogP contribution in [0.1, 0.15) is 0 Å². The van der Waals surface area contributed by atoms with Crippen LogP contribution in [0.15, 0.2) is 24.3 Å². The van der Waals surface area contributed by atoms with E-state index in [1.54, 1.807) is 6.07 Å². The molecule has 10 heavy (non-hydrogen) atoms. The molecule has 0 aliphatic carbocycles. The van der Waals surface area contributed by atoms with Crippen LogP contribution in [0.25, 0.3) is 0 Å². The molecule has 0 radical (unpaired) electrons. The average Bonchev–Trinajstić information content (AvgIpc) is 2.27. The highest BCUT2D eigenvalue weighted by molar-refractivity contribution is 5.56. The lowest BCUT2D eigenvalue weighted by molar-refractivity contribution is -0.251. The van der Waals surface area contributed by atoms with Crippen molar-refractivity contribution in [3.05, 3.63) is 24.3 Å². The predicted molar refractivity (Wildman–Crippen MR) is 34.3 cm³/mol. The van der Waals surface area contributed by atoms with Crippen molar-refractivity contribution < 1.29 is 10.0 Å². The molecule has 0 bridgehead atoms. The summed E-state index contributed by atoms with van der Waals surface area (Å²) in [6, 6.07) is 7.26. The summed E-state index contributed by atoms with van der Waals surface area (Å²) in [6.45, 7) is 0. The maximum absolute atomic E-state index is 8.75. The maximum Gasteiger partial charge on any atom is 0.177 e. The topological polar surface area (TPSA) is 44.7 Å². The third-order valence-electron chi connectivity index (χ3n) is 1.29. The minimum absolute atomic E-state index is 0.574. The molecule has 0 aromatic heterocycles. The standard InChI is InChI=1S/C6H6N2O2/c9-8-7-5-3-1-2-4-6(5)10-8/h1-4,7,9H. The van der Waals surface area contributed by atoms with Crippen molar-refractivity contribution in [3.8, 4) is 5.75 Å². The van der Waals surface area contributed by atoms with Crippen molar-refractivity contribution in [2.75, 3.05) is 5.43 Å². The quantitative estimate of drug-likeness (QED) is 0.561. The minimum atomic E-state index is 0.574. The summed E-state index contributed by atoms with van der Waals surface area (Å²) in [5.74, 6) is 0.630. The molecule has 1 aliphatic heterocycles. The molecule has 2 N–H and O–H groups in total. The van der Waals surface area contributed by atoms with Crippen molar-refractivity contribution in [1.29, 1.82) is 0 Å². The number of hydrogen-bond donors (Lipinski definition) is 2. The summed E-state index contributed by atoms with van der Waals surface area (Å²) in [5.41, 5.74) is 3.33. The number of rotatable bonds is 0. The van der Waals surface area contributed by atoms with Gasteiger partial charge in [0.1, 0.15) is 0 Å². The molecule has 0 unspecified atom stereocenters. The summed E-state index contributed by atoms with van der Waals surface area (Å²) < 4.78 is 0. The molecule has 2 rings (SSSR count). The molecule has 0 spiro atoms. The first kappa shape index (κ1) is 5.52. The van der Waals surface area contributed by atoms with Crippen LogP contribution in [0.2, 0.25) is 0 Å². The number of nitrogens with zero attached hydrogens (tertiary/aromatic N) is 1. The average molecular weight is 138 g/mol. The monoisotopic (exact) mass is 138 g/mol. The molecule has 0 saturated carbocycles. The summed E-state index contributed by atoms with van der Waals surface area (Å²) in [5, 5.41) is 9.32. The maximum atomic E-state index is 8.75. The molecule has 1 aliphatic rings. The van der Waals surface area contributed by atoms with E-state index in [9.17, 15) is 0 Å². The fourth-order valence-corrected chi connectivity index (χ4v) is 0.858. The third kappa shape index (κ3) is 0.706. The zero-order chi connectivity index (χ0) is 6.97. The lowest BCUT2D eigenvalue weighted by atomic mass is 10.3. The number of hydrogen-bond acceptors (Lipinski definition) is 4. The van der Waals surface area contributed by atoms with Crippen LogP contribution in [-0.4, -0.2) is 10.5 Å². The van der Waals surface area contributed by atoms with Crippen LogP contribution in [0.5, 0.6) is 5.75 Å². The number of nitrogens with one attached hydrogen (secondary N) is 1. The summed E-state index contributed by atoms with van der Waals surface area (Å²) in [6.07, 6.45) is 0. The van der Waals surface area contributed by atoms with Crippen LogP contribution < -0.4 is 10.3 Å². The molecule has 1 aromatic rings. The van der Waals surface area contributed by atoms with Gasteiger partial charge in [0.15, 0.2) is 5.75 Å². The molecule has 0 atom stereocenters. The Morgan fingerprint density at radius 3 is 3.00 bits per heavy atom. The van der Waals surface area contributed by atoms with Crippen molar-refractivity contribution in [3.63, 3.8) is 0 Å². The largest absolute Gasteiger partial charge is 0.360 e. The van der Waals surface area contributed by atoms with Crippen LogP contribution >= 0.6 is 0 Å². The van der Waals surface area contributed by atoms with Crippen LogP contribution in [0.4, 0.5) is 5.69 Å². The highest BCUT2D eigenvalue weighted by Gasteiger charge is 2.15. The fraction of sp³-hybridized carbons (Fsp3) is 0. The Morgan fingerprint density at radius 2 is 2.20 bits per heavy atom. The zero-order valence-electron chi connectivity index (χ0n) is 5.11. The van der Waals surface area contributed by atoms with Gasteiger partial charge in [-0.25, -0.2) is 0 Å². The second-order valence-corrected chi connectivity index (χ2v) is 1.97. The molecule has 52 valence electrons. The second-order valence-electron chi connectivity index (χ2n) is 1.97. The minimum Gasteiger partial charge on any atom is -0.360 e. The normalized spacial score (nSPS) is 15.7. The van der Waals surface area contributed by atoms with Crippen molar-refractivity contribution in [2.45, 2.75) is 0 Å². The highest BCUT2D eigenvalue weighted by Crippen LogP contribution is 2.28. The molecule has 0 saturated heterocycles. The number of hydrazine groups is 1. The van der Waals surface area contributed by atoms with E-state index in [-0.39, 0.29) is 0 Å². The lowest BCUT2D eigenvalue weighted by Gasteiger charge is -2.01. The molecule has 4 heteroatoms. The van der Waals surface area contributed by atoms with E-state index in [0.29, 0.717) is 11.1 Å². The van der Waals surface area contributed by atoms with Gasteiger partial charge in [-0.1, -0.05) is 12.1 Å². The van der Waals surface area contributed by atoms with E-state index in [1.165, 1.54) is 0 Å². The van der Waals surface area contributed by atoms with E-state index in [4.69, 9.17) is 10.0 Å². The van der Waals surface area contributed by atoms with Crippen LogP contribution in [0.3, 0.4) is 0 Å². The molecule has 0 fully saturated rings. The van der Waals surface area contributed by atoms with Crippen molar-refractivity contribution >= 4 is 5.69 Å². The smallest absolute Gasteiger partial charge is 0.177 e. The molecule has 1 aromatic carbocycles. The number of para-hydroxylation sites is 2. The van der Waals surface area contributed by atoms with Crippen LogP contribution in [-0.2, 0) is 0 Å². The van der Waals surface area contributed by atoms with Gasteiger partial charge in [0.05, 0.1) is 11.0 Å². The Balaban J connectivity index is 2.42. The first-order chi connectivity index (χ1) is 4.86. The fourth-order valence-electron chi connectivity index (χ4n) is 0.858. The van der Waals surface area contributed by atoms with Gasteiger partial charge in [-0.3, -0.25) is 10.6 Å². The Hall–Kier alpha value is -1.26. The molecular weight excluding hydrogens is 132 g/mol. The van der Waals surface area contributed by atoms with Crippen molar-refractivity contribution in [1.82, 2.24) is 5.34 Å². The summed E-state index contributed by atoms with van der Waals surface area (Å²) in [4.78, 5) is 4.78. The predicted octanol–water partition coefficient (Wildman–Crippen LogP) is 1.01. The van der Waals surface area contributed by atoms with E-state index in [0.717, 1.165) is 5.69 Å². The molecule has 1 heterocycles. The zero-order valence-corrected chi connectivity index (χ0v) is 5.11. The van der Waals surface area contributed by atoms with Gasteiger partial charge >= 0.3 is 0 Å². The van der Waals surface area contributed by atoms with Crippen LogP contribution in [0, 0.1) is 0 Å². The van der Waals surface area contributed by atoms with E-state index in [1.807, 2.05) is 18.2 Å². The summed E-state index contributed by atoms with van der Waals surface area (Å²) in [7, 11) is 0. The molecular formula is C6H6N2O2. The number of benzene rings is 1. The van der Waals surface area contributed by atoms with Crippen molar-refractivity contribution in [2.24, 2.45) is 0 Å². The first-order valence-electron chi connectivity index (χ1n) is 2.89. The first-order valence-corrected chi connectivity index (χ1v) is 2.89. The number of fused-ring (bicyclic) bond motifs is 1. The third-order valence-corrected chi connectivity index (χ3v) is 1.29. The van der Waals surface area contributed by atoms with Gasteiger partial charge in [-0.15, -0.1) is 0 Å². The van der Waals surface area contributed by atoms with E-state index >= 15 is 0 Å². The lowest BCUT2D eigenvalue weighted by Crippen LogP contribution is -2.22. The summed E-state index contributed by atoms with van der Waals surface area (Å²) >= 11 is 0. The Bertz CT molecular complexity index is 226. The molecule has 4 nitrogen and oxygen atoms in total. The van der Waals surface area contributed by atoms with E-state index < -0.39 is 0 Å². The Labute approximate surface area is 57.5 Å². The second kappa shape index (κ2) is 1.86. The molecule has 0 amide bonds. The van der Waals surface area contributed by atoms with Gasteiger partial charge in [-0.05, 0) is 12.1 Å². The highest BCUT2D eigenvalue weighted by atomic mass is 16.9. The Kier molecular flexibility index (Phi) is 1.03. The van der Waals surface area contributed by atoms with Gasteiger partial charge < -0.3 is 4.84 Å². The van der Waals surface area contributed by atoms with Gasteiger partial charge in [-0.2, -0.15) is 0 Å².